The molecule has 2 rings (SSSR count). The number of benzene rings is 2. The maximum absolute atomic E-state index is 12.4. The van der Waals surface area contributed by atoms with E-state index in [2.05, 4.69) is 10.6 Å². The normalized spacial score (nSPS) is 12.2. The van der Waals surface area contributed by atoms with E-state index in [-0.39, 0.29) is 22.0 Å². The molecule has 0 aliphatic rings. The first-order valence-corrected chi connectivity index (χ1v) is 10.9. The van der Waals surface area contributed by atoms with Gasteiger partial charge < -0.3 is 10.1 Å². The molecule has 0 aliphatic carbocycles. The minimum atomic E-state index is -3.80. The van der Waals surface area contributed by atoms with Gasteiger partial charge >= 0.3 is 12.0 Å². The first kappa shape index (κ1) is 24.3. The molecule has 11 heteroatoms. The van der Waals surface area contributed by atoms with Gasteiger partial charge in [0.2, 0.25) is 10.0 Å². The minimum absolute atomic E-state index is 0.0454. The number of ether oxygens (including phenoxy) is 1. The molecule has 166 valence electrons. The van der Waals surface area contributed by atoms with Gasteiger partial charge in [-0.3, -0.25) is 10.1 Å². The highest BCUT2D eigenvalue weighted by atomic mass is 35.5. The highest BCUT2D eigenvalue weighted by molar-refractivity contribution is 7.89. The van der Waals surface area contributed by atoms with Crippen LogP contribution in [0, 0.1) is 0 Å². The fraction of sp³-hybridized carbons (Fsp3) is 0.250. The lowest BCUT2D eigenvalue weighted by atomic mass is 10.2. The molecule has 0 spiro atoms. The topological polar surface area (TPSA) is 122 Å². The van der Waals surface area contributed by atoms with Crippen LogP contribution in [-0.2, 0) is 26.1 Å². The number of carbonyl (C=O) groups is 3. The molecule has 0 aromatic heterocycles. The van der Waals surface area contributed by atoms with E-state index in [1.54, 1.807) is 12.1 Å². The van der Waals surface area contributed by atoms with Crippen LogP contribution < -0.4 is 10.6 Å². The second-order valence-electron chi connectivity index (χ2n) is 6.63. The number of hydrogen-bond donors (Lipinski definition) is 2. The summed E-state index contributed by atoms with van der Waals surface area (Å²) in [7, 11) is -1.12. The van der Waals surface area contributed by atoms with Crippen molar-refractivity contribution in [2.45, 2.75) is 24.5 Å². The quantitative estimate of drug-likeness (QED) is 0.602. The minimum Gasteiger partial charge on any atom is -0.449 e. The fourth-order valence-electron chi connectivity index (χ4n) is 2.35. The third-order valence-electron chi connectivity index (χ3n) is 4.12. The maximum atomic E-state index is 12.4. The summed E-state index contributed by atoms with van der Waals surface area (Å²) in [5.74, 6) is -1.86. The molecule has 0 aliphatic heterocycles. The number of rotatable bonds is 7. The van der Waals surface area contributed by atoms with Crippen molar-refractivity contribution in [2.24, 2.45) is 0 Å². The number of halogens is 1. The molecular formula is C20H22ClN3O6S. The summed E-state index contributed by atoms with van der Waals surface area (Å²) in [4.78, 5) is 36.3. The summed E-state index contributed by atoms with van der Waals surface area (Å²) in [6, 6.07) is 11.9. The van der Waals surface area contributed by atoms with E-state index in [1.807, 2.05) is 18.2 Å². The Hall–Kier alpha value is -2.95. The molecule has 3 amide bonds. The highest BCUT2D eigenvalue weighted by Crippen LogP contribution is 2.23. The van der Waals surface area contributed by atoms with Gasteiger partial charge in [0, 0.05) is 20.6 Å². The smallest absolute Gasteiger partial charge is 0.340 e. The average Bonchev–Trinajstić information content (AvgIpc) is 2.72. The van der Waals surface area contributed by atoms with Crippen LogP contribution in [0.1, 0.15) is 22.8 Å². The lowest BCUT2D eigenvalue weighted by molar-refractivity contribution is -0.127. The molecule has 0 radical (unpaired) electrons. The number of sulfonamides is 1. The summed E-state index contributed by atoms with van der Waals surface area (Å²) >= 11 is 5.99. The van der Waals surface area contributed by atoms with Gasteiger partial charge in [0.1, 0.15) is 0 Å². The van der Waals surface area contributed by atoms with Crippen molar-refractivity contribution in [3.05, 3.63) is 64.7 Å². The predicted molar refractivity (Wildman–Crippen MR) is 114 cm³/mol. The standard InChI is InChI=1S/C20H22ClN3O6S/c1-13(18(25)23-20(27)22-12-14-7-5-4-6-8-14)30-19(26)16-11-15(9-10-17(16)21)31(28,29)24(2)3/h4-11,13H,12H2,1-3H3,(H2,22,23,25,27). The zero-order valence-corrected chi connectivity index (χ0v) is 18.7. The Labute approximate surface area is 185 Å². The number of esters is 1. The van der Waals surface area contributed by atoms with E-state index < -0.39 is 34.0 Å². The number of hydrogen-bond acceptors (Lipinski definition) is 6. The van der Waals surface area contributed by atoms with Crippen LogP contribution in [0.2, 0.25) is 5.02 Å². The Morgan fingerprint density at radius 3 is 2.35 bits per heavy atom. The fourth-order valence-corrected chi connectivity index (χ4v) is 3.47. The lowest BCUT2D eigenvalue weighted by Gasteiger charge is -2.15. The number of urea groups is 1. The van der Waals surface area contributed by atoms with Crippen LogP contribution in [0.5, 0.6) is 0 Å². The lowest BCUT2D eigenvalue weighted by Crippen LogP contribution is -2.44. The largest absolute Gasteiger partial charge is 0.449 e. The summed E-state index contributed by atoms with van der Waals surface area (Å²) in [5, 5.41) is 4.53. The summed E-state index contributed by atoms with van der Waals surface area (Å²) < 4.78 is 30.5. The molecular weight excluding hydrogens is 446 g/mol. The van der Waals surface area contributed by atoms with Crippen LogP contribution in [0.3, 0.4) is 0 Å². The van der Waals surface area contributed by atoms with E-state index in [9.17, 15) is 22.8 Å². The summed E-state index contributed by atoms with van der Waals surface area (Å²) in [6.45, 7) is 1.48. The Bertz CT molecular complexity index is 1070. The number of carbonyl (C=O) groups excluding carboxylic acids is 3. The van der Waals surface area contributed by atoms with E-state index in [1.165, 1.54) is 33.2 Å². The third-order valence-corrected chi connectivity index (χ3v) is 6.26. The average molecular weight is 468 g/mol. The van der Waals surface area contributed by atoms with Gasteiger partial charge in [0.05, 0.1) is 15.5 Å². The number of nitrogens with zero attached hydrogens (tertiary/aromatic N) is 1. The van der Waals surface area contributed by atoms with Gasteiger partial charge in [0.15, 0.2) is 6.10 Å². The van der Waals surface area contributed by atoms with Crippen molar-refractivity contribution in [1.82, 2.24) is 14.9 Å². The molecule has 0 fully saturated rings. The van der Waals surface area contributed by atoms with Crippen molar-refractivity contribution in [3.8, 4) is 0 Å². The Morgan fingerprint density at radius 1 is 1.10 bits per heavy atom. The second-order valence-corrected chi connectivity index (χ2v) is 9.19. The van der Waals surface area contributed by atoms with Gasteiger partial charge in [-0.05, 0) is 30.7 Å². The molecule has 31 heavy (non-hydrogen) atoms. The van der Waals surface area contributed by atoms with Crippen molar-refractivity contribution in [3.63, 3.8) is 0 Å². The molecule has 2 aromatic rings. The zero-order chi connectivity index (χ0) is 23.2. The van der Waals surface area contributed by atoms with Crippen LogP contribution >= 0.6 is 11.6 Å². The Kier molecular flexibility index (Phi) is 8.14. The van der Waals surface area contributed by atoms with Crippen molar-refractivity contribution in [2.75, 3.05) is 14.1 Å². The van der Waals surface area contributed by atoms with Crippen molar-refractivity contribution < 1.29 is 27.5 Å². The monoisotopic (exact) mass is 467 g/mol. The molecule has 2 N–H and O–H groups in total. The zero-order valence-electron chi connectivity index (χ0n) is 17.1. The summed E-state index contributed by atoms with van der Waals surface area (Å²) in [5.41, 5.74) is 0.615. The molecule has 0 bridgehead atoms. The number of amides is 3. The van der Waals surface area contributed by atoms with Gasteiger partial charge in [-0.25, -0.2) is 22.3 Å². The van der Waals surface area contributed by atoms with E-state index in [0.29, 0.717) is 0 Å². The first-order valence-electron chi connectivity index (χ1n) is 9.08. The summed E-state index contributed by atoms with van der Waals surface area (Å²) in [6.07, 6.45) is -1.33. The van der Waals surface area contributed by atoms with Gasteiger partial charge in [0.25, 0.3) is 5.91 Å². The third kappa shape index (κ3) is 6.51. The molecule has 0 saturated heterocycles. The predicted octanol–water partition coefficient (Wildman–Crippen LogP) is 2.16. The van der Waals surface area contributed by atoms with Crippen LogP contribution in [0.4, 0.5) is 4.79 Å². The molecule has 2 aromatic carbocycles. The molecule has 1 atom stereocenters. The maximum Gasteiger partial charge on any atom is 0.340 e. The molecule has 9 nitrogen and oxygen atoms in total. The van der Waals surface area contributed by atoms with Crippen molar-refractivity contribution >= 4 is 39.5 Å². The highest BCUT2D eigenvalue weighted by Gasteiger charge is 2.25. The van der Waals surface area contributed by atoms with E-state index >= 15 is 0 Å². The Morgan fingerprint density at radius 2 is 1.74 bits per heavy atom. The van der Waals surface area contributed by atoms with E-state index in [4.69, 9.17) is 16.3 Å². The van der Waals surface area contributed by atoms with Gasteiger partial charge in [-0.2, -0.15) is 0 Å². The van der Waals surface area contributed by atoms with Crippen LogP contribution in [-0.4, -0.2) is 50.8 Å². The molecule has 1 unspecified atom stereocenters. The molecule has 0 heterocycles. The Balaban J connectivity index is 2.00. The van der Waals surface area contributed by atoms with E-state index in [0.717, 1.165) is 15.9 Å². The first-order chi connectivity index (χ1) is 14.5. The van der Waals surface area contributed by atoms with Crippen molar-refractivity contribution in [1.29, 1.82) is 0 Å². The van der Waals surface area contributed by atoms with Crippen LogP contribution in [0.15, 0.2) is 53.4 Å². The number of nitrogens with one attached hydrogen (secondary N) is 2. The second kappa shape index (κ2) is 10.4. The van der Waals surface area contributed by atoms with Crippen LogP contribution in [0.25, 0.3) is 0 Å². The van der Waals surface area contributed by atoms with Gasteiger partial charge in [-0.15, -0.1) is 0 Å². The SMILES string of the molecule is CC(OC(=O)c1cc(S(=O)(=O)N(C)C)ccc1Cl)C(=O)NC(=O)NCc1ccccc1. The molecule has 0 saturated carbocycles. The number of imide groups is 1. The van der Waals surface area contributed by atoms with Gasteiger partial charge in [-0.1, -0.05) is 41.9 Å².